The fourth-order valence-corrected chi connectivity index (χ4v) is 2.83. The van der Waals surface area contributed by atoms with Gasteiger partial charge in [0, 0.05) is 13.1 Å². The lowest BCUT2D eigenvalue weighted by atomic mass is 9.92. The van der Waals surface area contributed by atoms with Gasteiger partial charge in [0.05, 0.1) is 0 Å². The van der Waals surface area contributed by atoms with Crippen LogP contribution in [0, 0.1) is 15.6 Å². The van der Waals surface area contributed by atoms with E-state index in [1.807, 2.05) is 11.0 Å². The molecule has 1 aliphatic rings. The van der Waals surface area contributed by atoms with E-state index >= 15 is 0 Å². The first-order chi connectivity index (χ1) is 7.56. The van der Waals surface area contributed by atoms with Gasteiger partial charge in [-0.25, -0.2) is 0 Å². The Balaban J connectivity index is 2.09. The molecule has 16 heavy (non-hydrogen) atoms. The summed E-state index contributed by atoms with van der Waals surface area (Å²) in [5.41, 5.74) is 0. The largest absolute Gasteiger partial charge is 0.445 e. The maximum Gasteiger partial charge on any atom is 0.289 e. The Morgan fingerprint density at radius 3 is 2.50 bits per heavy atom. The van der Waals surface area contributed by atoms with Crippen LogP contribution in [0.15, 0.2) is 16.5 Å². The summed E-state index contributed by atoms with van der Waals surface area (Å²) in [4.78, 5) is 14.0. The Labute approximate surface area is 109 Å². The highest BCUT2D eigenvalue weighted by atomic mass is 127. The van der Waals surface area contributed by atoms with Gasteiger partial charge >= 0.3 is 0 Å². The number of likely N-dealkylation sites (tertiary alicyclic amines) is 1. The highest BCUT2D eigenvalue weighted by molar-refractivity contribution is 14.1. The quantitative estimate of drug-likeness (QED) is 0.741. The standard InChI is InChI=1S/C12H16INO2/c1-8-5-9(2)7-14(6-8)12(15)10-3-4-11(13)16-10/h3-4,8-9H,5-7H2,1-2H3. The van der Waals surface area contributed by atoms with Gasteiger partial charge in [-0.2, -0.15) is 0 Å². The lowest BCUT2D eigenvalue weighted by Gasteiger charge is -2.34. The first kappa shape index (κ1) is 12.0. The fraction of sp³-hybridized carbons (Fsp3) is 0.583. The molecule has 1 aromatic heterocycles. The molecule has 1 aromatic rings. The van der Waals surface area contributed by atoms with E-state index in [4.69, 9.17) is 4.42 Å². The molecule has 2 rings (SSSR count). The maximum atomic E-state index is 12.1. The van der Waals surface area contributed by atoms with E-state index in [0.717, 1.165) is 16.9 Å². The molecule has 1 saturated heterocycles. The van der Waals surface area contributed by atoms with Gasteiger partial charge in [0.15, 0.2) is 9.53 Å². The predicted molar refractivity (Wildman–Crippen MR) is 70.3 cm³/mol. The van der Waals surface area contributed by atoms with Gasteiger partial charge in [-0.05, 0) is 53.0 Å². The molecule has 2 unspecified atom stereocenters. The van der Waals surface area contributed by atoms with Gasteiger partial charge in [-0.15, -0.1) is 0 Å². The van der Waals surface area contributed by atoms with Gasteiger partial charge < -0.3 is 9.32 Å². The summed E-state index contributed by atoms with van der Waals surface area (Å²) in [6.45, 7) is 6.09. The molecule has 1 amide bonds. The van der Waals surface area contributed by atoms with Crippen molar-refractivity contribution in [2.75, 3.05) is 13.1 Å². The average molecular weight is 333 g/mol. The van der Waals surface area contributed by atoms with E-state index in [1.54, 1.807) is 6.07 Å². The SMILES string of the molecule is CC1CC(C)CN(C(=O)c2ccc(I)o2)C1. The normalized spacial score (nSPS) is 25.8. The Kier molecular flexibility index (Phi) is 3.56. The van der Waals surface area contributed by atoms with Gasteiger partial charge in [0.2, 0.25) is 0 Å². The zero-order chi connectivity index (χ0) is 11.7. The third-order valence-electron chi connectivity index (χ3n) is 2.94. The monoisotopic (exact) mass is 333 g/mol. The molecule has 0 spiro atoms. The van der Waals surface area contributed by atoms with Crippen LogP contribution in [0.3, 0.4) is 0 Å². The van der Waals surface area contributed by atoms with Gasteiger partial charge in [0.1, 0.15) is 0 Å². The van der Waals surface area contributed by atoms with Crippen LogP contribution in [-0.2, 0) is 0 Å². The van der Waals surface area contributed by atoms with Crippen LogP contribution < -0.4 is 0 Å². The Hall–Kier alpha value is -0.520. The molecule has 1 aliphatic heterocycles. The second-order valence-corrected chi connectivity index (χ2v) is 5.82. The molecule has 0 bridgehead atoms. The molecular formula is C12H16INO2. The zero-order valence-corrected chi connectivity index (χ0v) is 11.7. The average Bonchev–Trinajstić information content (AvgIpc) is 2.62. The number of hydrogen-bond donors (Lipinski definition) is 0. The van der Waals surface area contributed by atoms with Crippen molar-refractivity contribution >= 4 is 28.5 Å². The first-order valence-electron chi connectivity index (χ1n) is 5.61. The topological polar surface area (TPSA) is 33.5 Å². The van der Waals surface area contributed by atoms with Crippen molar-refractivity contribution in [3.8, 4) is 0 Å². The van der Waals surface area contributed by atoms with E-state index in [0.29, 0.717) is 17.6 Å². The summed E-state index contributed by atoms with van der Waals surface area (Å²) < 4.78 is 6.13. The van der Waals surface area contributed by atoms with E-state index in [2.05, 4.69) is 36.4 Å². The predicted octanol–water partition coefficient (Wildman–Crippen LogP) is 3.00. The molecule has 3 nitrogen and oxygen atoms in total. The van der Waals surface area contributed by atoms with Crippen LogP contribution in [0.1, 0.15) is 30.8 Å². The minimum atomic E-state index is 0.0290. The molecule has 0 N–H and O–H groups in total. The van der Waals surface area contributed by atoms with Crippen LogP contribution in [0.5, 0.6) is 0 Å². The number of rotatable bonds is 1. The van der Waals surface area contributed by atoms with E-state index in [9.17, 15) is 4.79 Å². The summed E-state index contributed by atoms with van der Waals surface area (Å²) in [5.74, 6) is 1.66. The molecule has 88 valence electrons. The number of carbonyl (C=O) groups excluding carboxylic acids is 1. The van der Waals surface area contributed by atoms with Gasteiger partial charge in [-0.3, -0.25) is 4.79 Å². The van der Waals surface area contributed by atoms with Crippen LogP contribution in [0.2, 0.25) is 0 Å². The smallest absolute Gasteiger partial charge is 0.289 e. The van der Waals surface area contributed by atoms with Crippen LogP contribution in [0.4, 0.5) is 0 Å². The number of hydrogen-bond acceptors (Lipinski definition) is 2. The van der Waals surface area contributed by atoms with Crippen molar-refractivity contribution in [2.45, 2.75) is 20.3 Å². The molecule has 0 saturated carbocycles. The second kappa shape index (κ2) is 4.77. The number of piperidine rings is 1. The highest BCUT2D eigenvalue weighted by Gasteiger charge is 2.27. The van der Waals surface area contributed by atoms with Crippen molar-refractivity contribution < 1.29 is 9.21 Å². The van der Waals surface area contributed by atoms with E-state index < -0.39 is 0 Å². The van der Waals surface area contributed by atoms with E-state index in [1.165, 1.54) is 6.42 Å². The molecule has 0 radical (unpaired) electrons. The maximum absolute atomic E-state index is 12.1. The molecule has 1 fully saturated rings. The minimum absolute atomic E-state index is 0.0290. The number of halogens is 1. The van der Waals surface area contributed by atoms with Crippen LogP contribution in [-0.4, -0.2) is 23.9 Å². The Morgan fingerprint density at radius 2 is 2.00 bits per heavy atom. The zero-order valence-electron chi connectivity index (χ0n) is 9.57. The van der Waals surface area contributed by atoms with Crippen molar-refractivity contribution in [3.63, 3.8) is 0 Å². The number of furan rings is 1. The molecular weight excluding hydrogens is 317 g/mol. The Bertz CT molecular complexity index is 378. The molecule has 2 atom stereocenters. The molecule has 4 heteroatoms. The lowest BCUT2D eigenvalue weighted by Crippen LogP contribution is -2.42. The van der Waals surface area contributed by atoms with Crippen LogP contribution >= 0.6 is 22.6 Å². The number of carbonyl (C=O) groups is 1. The lowest BCUT2D eigenvalue weighted by molar-refractivity contribution is 0.0590. The van der Waals surface area contributed by atoms with E-state index in [-0.39, 0.29) is 5.91 Å². The number of amides is 1. The van der Waals surface area contributed by atoms with Gasteiger partial charge in [-0.1, -0.05) is 13.8 Å². The van der Waals surface area contributed by atoms with Crippen molar-refractivity contribution in [3.05, 3.63) is 21.7 Å². The molecule has 0 aromatic carbocycles. The highest BCUT2D eigenvalue weighted by Crippen LogP contribution is 2.23. The summed E-state index contributed by atoms with van der Waals surface area (Å²) in [5, 5.41) is 0. The third kappa shape index (κ3) is 2.59. The van der Waals surface area contributed by atoms with Crippen molar-refractivity contribution in [1.29, 1.82) is 0 Å². The first-order valence-corrected chi connectivity index (χ1v) is 6.68. The summed E-state index contributed by atoms with van der Waals surface area (Å²) in [7, 11) is 0. The minimum Gasteiger partial charge on any atom is -0.445 e. The summed E-state index contributed by atoms with van der Waals surface area (Å²) >= 11 is 2.08. The van der Waals surface area contributed by atoms with Crippen molar-refractivity contribution in [1.82, 2.24) is 4.90 Å². The number of nitrogens with zero attached hydrogens (tertiary/aromatic N) is 1. The molecule has 2 heterocycles. The summed E-state index contributed by atoms with van der Waals surface area (Å²) in [6, 6.07) is 3.58. The van der Waals surface area contributed by atoms with Crippen LogP contribution in [0.25, 0.3) is 0 Å². The molecule has 0 aliphatic carbocycles. The fourth-order valence-electron chi connectivity index (χ4n) is 2.41. The van der Waals surface area contributed by atoms with Gasteiger partial charge in [0.25, 0.3) is 5.91 Å². The third-order valence-corrected chi connectivity index (χ3v) is 3.52. The second-order valence-electron chi connectivity index (χ2n) is 4.76. The van der Waals surface area contributed by atoms with Crippen molar-refractivity contribution in [2.24, 2.45) is 11.8 Å². The summed E-state index contributed by atoms with van der Waals surface area (Å²) in [6.07, 6.45) is 1.21. The Morgan fingerprint density at radius 1 is 1.38 bits per heavy atom.